The molecule has 1 saturated heterocycles. The number of rotatable bonds is 15. The van der Waals surface area contributed by atoms with Gasteiger partial charge in [0, 0.05) is 23.3 Å². The number of thiazole rings is 1. The van der Waals surface area contributed by atoms with Gasteiger partial charge in [-0.15, -0.1) is 11.3 Å². The summed E-state index contributed by atoms with van der Waals surface area (Å²) in [5.74, 6) is -1.21. The molecule has 7 rings (SSSR count). The zero-order valence-corrected chi connectivity index (χ0v) is 36.1. The molecule has 9 heteroatoms. The first kappa shape index (κ1) is 41.6. The molecular weight excluding hydrogens is 777 g/mol. The quantitative estimate of drug-likeness (QED) is 0.0553. The number of aromatic nitrogens is 1. The highest BCUT2D eigenvalue weighted by atomic mass is 32.2. The summed E-state index contributed by atoms with van der Waals surface area (Å²) >= 11 is 8.12. The van der Waals surface area contributed by atoms with E-state index in [9.17, 15) is 19.5 Å². The van der Waals surface area contributed by atoms with Crippen molar-refractivity contribution in [2.75, 3.05) is 4.90 Å². The van der Waals surface area contributed by atoms with Crippen LogP contribution in [0.1, 0.15) is 113 Å². The number of benzene rings is 3. The van der Waals surface area contributed by atoms with Gasteiger partial charge in [0.15, 0.2) is 5.78 Å². The first-order valence-corrected chi connectivity index (χ1v) is 22.8. The van der Waals surface area contributed by atoms with Gasteiger partial charge in [-0.3, -0.25) is 19.0 Å². The Kier molecular flexibility index (Phi) is 13.6. The van der Waals surface area contributed by atoms with Gasteiger partial charge in [-0.2, -0.15) is 0 Å². The number of thioether (sulfide) groups is 1. The third-order valence-corrected chi connectivity index (χ3v) is 14.5. The minimum absolute atomic E-state index is 0.0857. The Morgan fingerprint density at radius 1 is 0.948 bits per heavy atom. The maximum atomic E-state index is 13.9. The molecule has 4 aromatic rings. The normalized spacial score (nSPS) is 20.8. The van der Waals surface area contributed by atoms with Crippen LogP contribution in [0.2, 0.25) is 0 Å². The van der Waals surface area contributed by atoms with Crippen molar-refractivity contribution in [2.24, 2.45) is 5.92 Å². The molecule has 58 heavy (non-hydrogen) atoms. The van der Waals surface area contributed by atoms with E-state index in [0.29, 0.717) is 36.7 Å². The lowest BCUT2D eigenvalue weighted by Gasteiger charge is -2.27. The number of anilines is 2. The SMILES string of the molecule is CC=CC=C(C)C(=Cc1ccc(N2c3ccc(C=c4sc(=C5SC(=S)C(CCCCCCCC)C5=O)n(CC(=O)O)c4=O)cc3C3CCCC32)cc1)c1ccccc1. The highest BCUT2D eigenvalue weighted by Crippen LogP contribution is 2.52. The van der Waals surface area contributed by atoms with Gasteiger partial charge in [-0.05, 0) is 103 Å². The number of carboxylic acids is 1. The molecule has 3 atom stereocenters. The molecule has 1 saturated carbocycles. The molecule has 0 amide bonds. The van der Waals surface area contributed by atoms with Gasteiger partial charge in [0.1, 0.15) is 11.2 Å². The van der Waals surface area contributed by atoms with Crippen molar-refractivity contribution in [3.63, 3.8) is 0 Å². The average molecular weight is 829 g/mol. The first-order chi connectivity index (χ1) is 28.2. The zero-order valence-electron chi connectivity index (χ0n) is 33.6. The predicted molar refractivity (Wildman–Crippen MR) is 247 cm³/mol. The van der Waals surface area contributed by atoms with Crippen LogP contribution >= 0.6 is 35.3 Å². The maximum absolute atomic E-state index is 13.9. The summed E-state index contributed by atoms with van der Waals surface area (Å²) in [5, 5.41) is 9.79. The fraction of sp³-hybridized carbons (Fsp3) is 0.347. The summed E-state index contributed by atoms with van der Waals surface area (Å²) in [5.41, 5.74) is 8.82. The Morgan fingerprint density at radius 3 is 2.43 bits per heavy atom. The van der Waals surface area contributed by atoms with Crippen LogP contribution in [0.15, 0.2) is 101 Å². The lowest BCUT2D eigenvalue weighted by Crippen LogP contribution is -2.35. The number of carbonyl (C=O) groups excluding carboxylic acids is 1. The van der Waals surface area contributed by atoms with Crippen molar-refractivity contribution in [3.8, 4) is 0 Å². The Labute approximate surface area is 355 Å². The number of hydrogen-bond donors (Lipinski definition) is 1. The van der Waals surface area contributed by atoms with Crippen molar-refractivity contribution >= 4 is 85.3 Å². The molecule has 0 spiro atoms. The van der Waals surface area contributed by atoms with E-state index in [0.717, 1.165) is 55.3 Å². The van der Waals surface area contributed by atoms with Gasteiger partial charge in [0.2, 0.25) is 0 Å². The zero-order chi connectivity index (χ0) is 40.8. The fourth-order valence-corrected chi connectivity index (χ4v) is 11.5. The second-order valence-corrected chi connectivity index (χ2v) is 18.4. The van der Waals surface area contributed by atoms with Crippen LogP contribution in [0, 0.1) is 5.92 Å². The Balaban J connectivity index is 1.19. The molecule has 6 nitrogen and oxygen atoms in total. The topological polar surface area (TPSA) is 79.6 Å². The van der Waals surface area contributed by atoms with Gasteiger partial charge in [-0.1, -0.05) is 143 Å². The minimum Gasteiger partial charge on any atom is -0.480 e. The van der Waals surface area contributed by atoms with Crippen LogP contribution in [-0.2, 0) is 16.1 Å². The summed E-state index contributed by atoms with van der Waals surface area (Å²) in [4.78, 5) is 42.5. The Morgan fingerprint density at radius 2 is 1.69 bits per heavy atom. The number of Topliss-reactive ketones (excluding diaryl/α,β-unsaturated/α-hetero) is 1. The van der Waals surface area contributed by atoms with E-state index < -0.39 is 18.1 Å². The summed E-state index contributed by atoms with van der Waals surface area (Å²) in [6.07, 6.45) is 21.2. The Bertz CT molecular complexity index is 2460. The third-order valence-electron chi connectivity index (χ3n) is 11.6. The number of nitrogens with zero attached hydrogens (tertiary/aromatic N) is 2. The monoisotopic (exact) mass is 828 g/mol. The molecule has 3 aliphatic rings. The molecule has 1 N–H and O–H groups in total. The molecular formula is C49H52N2O4S3. The number of allylic oxidation sites excluding steroid dienone is 5. The number of carbonyl (C=O) groups is 2. The first-order valence-electron chi connectivity index (χ1n) is 20.7. The van der Waals surface area contributed by atoms with Crippen LogP contribution in [0.5, 0.6) is 0 Å². The smallest absolute Gasteiger partial charge is 0.323 e. The van der Waals surface area contributed by atoms with E-state index in [1.165, 1.54) is 74.9 Å². The van der Waals surface area contributed by atoms with Crippen LogP contribution in [0.3, 0.4) is 0 Å². The number of aliphatic carboxylic acids is 1. The number of fused-ring (bicyclic) bond motifs is 3. The van der Waals surface area contributed by atoms with Gasteiger partial charge in [0.05, 0.1) is 19.6 Å². The fourth-order valence-electron chi connectivity index (χ4n) is 8.70. The Hall–Kier alpha value is -4.57. The molecule has 3 aromatic carbocycles. The number of ketones is 1. The molecule has 1 aromatic heterocycles. The van der Waals surface area contributed by atoms with E-state index in [2.05, 4.69) is 97.6 Å². The van der Waals surface area contributed by atoms with Crippen molar-refractivity contribution in [2.45, 2.75) is 103 Å². The number of thiocarbonyl (C=S) groups is 1. The van der Waals surface area contributed by atoms with E-state index in [1.54, 1.807) is 0 Å². The van der Waals surface area contributed by atoms with E-state index in [1.807, 2.05) is 31.2 Å². The third kappa shape index (κ3) is 9.02. The minimum atomic E-state index is -1.13. The van der Waals surface area contributed by atoms with Gasteiger partial charge < -0.3 is 10.0 Å². The summed E-state index contributed by atoms with van der Waals surface area (Å²) < 4.78 is 2.67. The maximum Gasteiger partial charge on any atom is 0.323 e. The lowest BCUT2D eigenvalue weighted by atomic mass is 9.96. The molecule has 300 valence electrons. The standard InChI is InChI=1S/C49H52N2O4S3/c1-4-6-8-9-10-14-19-38-45(54)46(58-49(38)56)48-50(31-44(52)53)47(55)43(57-48)30-34-24-27-42-40(29-34)37-20-15-21-41(37)51(42)36-25-22-33(23-26-36)28-39(32(3)16-7-5-2)35-17-12-11-13-18-35/h5,7,11-13,16-18,22-30,37-38,41H,4,6,8-10,14-15,19-21,31H2,1-3H3,(H,52,53). The van der Waals surface area contributed by atoms with Crippen LogP contribution < -0.4 is 19.7 Å². The summed E-state index contributed by atoms with van der Waals surface area (Å²) in [6.45, 7) is 5.86. The van der Waals surface area contributed by atoms with Crippen molar-refractivity contribution in [3.05, 3.63) is 138 Å². The van der Waals surface area contributed by atoms with Crippen LogP contribution in [-0.4, -0.2) is 31.7 Å². The van der Waals surface area contributed by atoms with Crippen molar-refractivity contribution in [1.82, 2.24) is 4.57 Å². The summed E-state index contributed by atoms with van der Waals surface area (Å²) in [7, 11) is 0. The highest BCUT2D eigenvalue weighted by molar-refractivity contribution is 8.30. The molecule has 2 fully saturated rings. The summed E-state index contributed by atoms with van der Waals surface area (Å²) in [6, 6.07) is 26.1. The second kappa shape index (κ2) is 19.0. The molecule has 2 aliphatic heterocycles. The van der Waals surface area contributed by atoms with Crippen LogP contribution in [0.25, 0.3) is 22.6 Å². The molecule has 0 radical (unpaired) electrons. The van der Waals surface area contributed by atoms with Gasteiger partial charge in [0.25, 0.3) is 5.56 Å². The second-order valence-electron chi connectivity index (χ2n) is 15.6. The number of unbranched alkanes of at least 4 members (excludes halogenated alkanes) is 5. The van der Waals surface area contributed by atoms with Crippen molar-refractivity contribution in [1.29, 1.82) is 0 Å². The predicted octanol–water partition coefficient (Wildman–Crippen LogP) is 10.8. The lowest BCUT2D eigenvalue weighted by molar-refractivity contribution is -0.137. The van der Waals surface area contributed by atoms with Crippen LogP contribution in [0.4, 0.5) is 11.4 Å². The van der Waals surface area contributed by atoms with E-state index in [-0.39, 0.29) is 11.7 Å². The number of carboxylic acid groups (broad SMARTS) is 1. The largest absolute Gasteiger partial charge is 0.480 e. The number of hydrogen-bond acceptors (Lipinski definition) is 7. The highest BCUT2D eigenvalue weighted by Gasteiger charge is 2.42. The molecule has 1 aliphatic carbocycles. The molecule has 3 unspecified atom stereocenters. The van der Waals surface area contributed by atoms with E-state index >= 15 is 0 Å². The van der Waals surface area contributed by atoms with Gasteiger partial charge in [-0.25, -0.2) is 0 Å². The molecule has 0 bridgehead atoms. The van der Waals surface area contributed by atoms with Gasteiger partial charge >= 0.3 is 5.97 Å². The average Bonchev–Trinajstić information content (AvgIpc) is 3.97. The van der Waals surface area contributed by atoms with E-state index in [4.69, 9.17) is 12.2 Å². The molecule has 3 heterocycles. The van der Waals surface area contributed by atoms with Crippen molar-refractivity contribution < 1.29 is 14.7 Å².